The number of hydrogen-bond acceptors (Lipinski definition) is 3. The average molecular weight is 306 g/mol. The molecule has 0 aromatic rings. The Hall–Kier alpha value is -1.41. The molecule has 1 aliphatic carbocycles. The summed E-state index contributed by atoms with van der Waals surface area (Å²) in [7, 11) is 0. The van der Waals surface area contributed by atoms with Gasteiger partial charge in [-0.1, -0.05) is 6.08 Å². The molecule has 0 spiro atoms. The molecule has 87 valence electrons. The molecule has 1 rings (SSSR count). The number of carbonyl (C=O) groups excluding carboxylic acids is 3. The Balaban J connectivity index is -0.0000000445. The van der Waals surface area contributed by atoms with Crippen LogP contribution in [0.25, 0.3) is 0 Å². The zero-order valence-corrected chi connectivity index (χ0v) is 10.6. The molecule has 0 aliphatic heterocycles. The molecule has 1 radical (unpaired) electrons. The second-order valence-corrected chi connectivity index (χ2v) is 1.46. The van der Waals surface area contributed by atoms with Crippen molar-refractivity contribution in [2.45, 2.75) is 0 Å². The standard InChI is InChI=1S/C8H7.3CHO.CH3.Ru/c1-2-4-6-8-7-5-3-1;3*1-2;;/h1-7H;3*1H;1H3;/q5*-1;+5. The maximum atomic E-state index is 7.75. The van der Waals surface area contributed by atoms with Gasteiger partial charge in [0.25, 0.3) is 0 Å². The first-order chi connectivity index (χ1) is 7.00. The van der Waals surface area contributed by atoms with E-state index in [-0.39, 0.29) is 26.9 Å². The van der Waals surface area contributed by atoms with Crippen molar-refractivity contribution in [2.24, 2.45) is 0 Å². The topological polar surface area (TPSA) is 51.2 Å². The first-order valence-corrected chi connectivity index (χ1v) is 3.28. The van der Waals surface area contributed by atoms with Crippen LogP contribution in [0.2, 0.25) is 0 Å². The minimum atomic E-state index is 0. The largest absolute Gasteiger partial charge is 5.00 e. The molecule has 0 bridgehead atoms. The van der Waals surface area contributed by atoms with Crippen molar-refractivity contribution in [1.29, 1.82) is 0 Å². The van der Waals surface area contributed by atoms with Gasteiger partial charge in [0, 0.05) is 0 Å². The van der Waals surface area contributed by atoms with E-state index in [4.69, 9.17) is 14.4 Å². The van der Waals surface area contributed by atoms with Crippen molar-refractivity contribution < 1.29 is 33.9 Å². The van der Waals surface area contributed by atoms with E-state index >= 15 is 0 Å². The molecule has 0 aromatic heterocycles. The number of rotatable bonds is 0. The number of hydrogen-bond donors (Lipinski definition) is 0. The normalized spacial score (nSPS) is 8.75. The summed E-state index contributed by atoms with van der Waals surface area (Å²) in [5.41, 5.74) is 0. The van der Waals surface area contributed by atoms with Gasteiger partial charge in [-0.3, -0.25) is 20.4 Å². The molecule has 0 unspecified atom stereocenters. The Morgan fingerprint density at radius 2 is 1.06 bits per heavy atom. The third-order valence-corrected chi connectivity index (χ3v) is 0.829. The average Bonchev–Trinajstić information content (AvgIpc) is 2.26. The molecule has 0 N–H and O–H groups in total. The van der Waals surface area contributed by atoms with Crippen LogP contribution in [0.5, 0.6) is 0 Å². The molecular weight excluding hydrogens is 293 g/mol. The summed E-state index contributed by atoms with van der Waals surface area (Å²) in [6.07, 6.45) is 16.5. The molecule has 1 aliphatic rings. The first kappa shape index (κ1) is 29.3. The van der Waals surface area contributed by atoms with E-state index in [0.717, 1.165) is 0 Å². The first-order valence-electron chi connectivity index (χ1n) is 3.28. The third-order valence-electron chi connectivity index (χ3n) is 0.829. The van der Waals surface area contributed by atoms with Gasteiger partial charge in [0.05, 0.1) is 0 Å². The van der Waals surface area contributed by atoms with Crippen LogP contribution in [0.3, 0.4) is 0 Å². The molecule has 0 saturated heterocycles. The van der Waals surface area contributed by atoms with Crippen LogP contribution >= 0.6 is 0 Å². The predicted octanol–water partition coefficient (Wildman–Crippen LogP) is 1.65. The van der Waals surface area contributed by atoms with Crippen molar-refractivity contribution in [1.82, 2.24) is 0 Å². The Morgan fingerprint density at radius 1 is 0.688 bits per heavy atom. The van der Waals surface area contributed by atoms with Crippen LogP contribution in [0, 0.1) is 13.5 Å². The predicted molar refractivity (Wildman–Crippen MR) is 61.9 cm³/mol. The van der Waals surface area contributed by atoms with E-state index in [1.807, 2.05) is 42.5 Å². The van der Waals surface area contributed by atoms with Gasteiger partial charge in [0.1, 0.15) is 0 Å². The fourth-order valence-corrected chi connectivity index (χ4v) is 0.470. The summed E-state index contributed by atoms with van der Waals surface area (Å²) in [5, 5.41) is 0. The van der Waals surface area contributed by atoms with Crippen molar-refractivity contribution in [3.8, 4) is 0 Å². The Morgan fingerprint density at radius 3 is 1.56 bits per heavy atom. The molecule has 0 heterocycles. The molecule has 16 heavy (non-hydrogen) atoms. The Kier molecular flexibility index (Phi) is 90.8. The maximum absolute atomic E-state index is 7.75. The SMILES string of the molecule is [C-]1=CC=CC=CC=C1.[CH-]=O.[CH-]=O.[CH-]=O.[CH3-].[Ru+5]. The minimum Gasteiger partial charge on any atom is -0.545 e. The molecule has 0 aromatic carbocycles. The van der Waals surface area contributed by atoms with Gasteiger partial charge in [0.15, 0.2) is 0 Å². The van der Waals surface area contributed by atoms with Gasteiger partial charge in [-0.25, -0.2) is 0 Å². The van der Waals surface area contributed by atoms with Gasteiger partial charge in [0.2, 0.25) is 0 Å². The zero-order chi connectivity index (χ0) is 11.7. The minimum absolute atomic E-state index is 0. The van der Waals surface area contributed by atoms with Crippen LogP contribution in [0.15, 0.2) is 42.5 Å². The number of allylic oxidation sites excluding steroid dienone is 8. The van der Waals surface area contributed by atoms with E-state index in [1.165, 1.54) is 0 Å². The summed E-state index contributed by atoms with van der Waals surface area (Å²) in [5.74, 6) is 0. The molecule has 4 heteroatoms. The molecular formula is C12H13O3Ru. The molecule has 0 fully saturated rings. The van der Waals surface area contributed by atoms with Gasteiger partial charge in [-0.15, -0.1) is 12.2 Å². The van der Waals surface area contributed by atoms with Crippen molar-refractivity contribution in [3.05, 3.63) is 56.0 Å². The second kappa shape index (κ2) is 49.6. The summed E-state index contributed by atoms with van der Waals surface area (Å²) < 4.78 is 0. The van der Waals surface area contributed by atoms with Crippen LogP contribution < -0.4 is 0 Å². The summed E-state index contributed by atoms with van der Waals surface area (Å²) in [6, 6.07) is 0. The Bertz CT molecular complexity index is 148. The van der Waals surface area contributed by atoms with Crippen molar-refractivity contribution >= 4 is 20.4 Å². The second-order valence-electron chi connectivity index (χ2n) is 1.46. The summed E-state index contributed by atoms with van der Waals surface area (Å²) in [6.45, 7) is 9.75. The fraction of sp³-hybridized carbons (Fsp3) is 0. The smallest absolute Gasteiger partial charge is 0.545 e. The van der Waals surface area contributed by atoms with Crippen molar-refractivity contribution in [3.63, 3.8) is 0 Å². The van der Waals surface area contributed by atoms with Crippen LogP contribution in [0.4, 0.5) is 0 Å². The van der Waals surface area contributed by atoms with E-state index in [9.17, 15) is 0 Å². The van der Waals surface area contributed by atoms with E-state index in [1.54, 1.807) is 0 Å². The molecule has 0 amide bonds. The molecule has 0 saturated carbocycles. The summed E-state index contributed by atoms with van der Waals surface area (Å²) >= 11 is 0. The quantitative estimate of drug-likeness (QED) is 0.388. The Labute approximate surface area is 110 Å². The van der Waals surface area contributed by atoms with Gasteiger partial charge < -0.3 is 21.8 Å². The molecule has 3 nitrogen and oxygen atoms in total. The van der Waals surface area contributed by atoms with Gasteiger partial charge >= 0.3 is 19.5 Å². The summed E-state index contributed by atoms with van der Waals surface area (Å²) in [4.78, 5) is 23.2. The monoisotopic (exact) mass is 307 g/mol. The molecule has 0 atom stereocenters. The fourth-order valence-electron chi connectivity index (χ4n) is 0.470. The van der Waals surface area contributed by atoms with Crippen LogP contribution in [-0.4, -0.2) is 20.4 Å². The zero-order valence-electron chi connectivity index (χ0n) is 8.85. The van der Waals surface area contributed by atoms with Crippen LogP contribution in [0.1, 0.15) is 0 Å². The van der Waals surface area contributed by atoms with Crippen molar-refractivity contribution in [2.75, 3.05) is 0 Å². The van der Waals surface area contributed by atoms with E-state index < -0.39 is 0 Å². The van der Waals surface area contributed by atoms with E-state index in [2.05, 4.69) is 26.4 Å². The maximum Gasteiger partial charge on any atom is 5.00 e. The van der Waals surface area contributed by atoms with E-state index in [0.29, 0.717) is 0 Å². The van der Waals surface area contributed by atoms with Crippen LogP contribution in [-0.2, 0) is 33.9 Å². The van der Waals surface area contributed by atoms with Gasteiger partial charge in [-0.05, 0) is 0 Å². The van der Waals surface area contributed by atoms with Gasteiger partial charge in [-0.2, -0.15) is 30.4 Å². The third kappa shape index (κ3) is 38.9.